The molecule has 0 spiro atoms. The second-order valence-corrected chi connectivity index (χ2v) is 8.60. The molecule has 1 saturated heterocycles. The fraction of sp³-hybridized carbons (Fsp3) is 0.0357. The fourth-order valence-corrected chi connectivity index (χ4v) is 4.18. The number of ether oxygens (including phenoxy) is 2. The molecule has 2 amide bonds. The Bertz CT molecular complexity index is 1630. The van der Waals surface area contributed by atoms with Crippen LogP contribution in [0.3, 0.4) is 0 Å². The summed E-state index contributed by atoms with van der Waals surface area (Å²) in [6, 6.07) is 23.2. The minimum atomic E-state index is -0.670. The summed E-state index contributed by atoms with van der Waals surface area (Å²) in [5, 5.41) is 13.5. The van der Waals surface area contributed by atoms with Crippen molar-refractivity contribution in [1.29, 1.82) is 0 Å². The number of nitro groups is 1. The molecule has 3 aromatic carbocycles. The van der Waals surface area contributed by atoms with Crippen molar-refractivity contribution in [3.8, 4) is 28.6 Å². The van der Waals surface area contributed by atoms with Gasteiger partial charge in [-0.05, 0) is 72.9 Å². The molecule has 39 heavy (non-hydrogen) atoms. The molecule has 1 N–H and O–H groups in total. The van der Waals surface area contributed by atoms with Crippen molar-refractivity contribution >= 4 is 46.6 Å². The van der Waals surface area contributed by atoms with Crippen molar-refractivity contribution in [2.45, 2.75) is 0 Å². The van der Waals surface area contributed by atoms with Crippen LogP contribution in [0.2, 0.25) is 0 Å². The molecule has 0 saturated carbocycles. The highest BCUT2D eigenvalue weighted by Crippen LogP contribution is 2.35. The molecule has 1 fully saturated rings. The predicted octanol–water partition coefficient (Wildman–Crippen LogP) is 5.49. The number of nitrogens with one attached hydrogen (secondary N) is 1. The van der Waals surface area contributed by atoms with E-state index in [1.54, 1.807) is 36.4 Å². The van der Waals surface area contributed by atoms with Gasteiger partial charge in [0.25, 0.3) is 17.5 Å². The van der Waals surface area contributed by atoms with Crippen LogP contribution in [0.15, 0.2) is 94.9 Å². The molecular formula is C28H19N3O7S. The predicted molar refractivity (Wildman–Crippen MR) is 147 cm³/mol. The Balaban J connectivity index is 1.40. The van der Waals surface area contributed by atoms with Crippen molar-refractivity contribution in [2.24, 2.45) is 0 Å². The number of para-hydroxylation sites is 1. The molecular weight excluding hydrogens is 522 g/mol. The molecule has 10 nitrogen and oxygen atoms in total. The topological polar surface area (TPSA) is 124 Å². The maximum Gasteiger partial charge on any atom is 0.273 e. The third-order valence-electron chi connectivity index (χ3n) is 5.75. The number of nitrogens with zero attached hydrogens (tertiary/aromatic N) is 2. The average molecular weight is 542 g/mol. The van der Waals surface area contributed by atoms with Gasteiger partial charge < -0.3 is 13.9 Å². The number of hydrogen-bond donors (Lipinski definition) is 1. The lowest BCUT2D eigenvalue weighted by Crippen LogP contribution is -2.54. The van der Waals surface area contributed by atoms with E-state index in [9.17, 15) is 19.7 Å². The van der Waals surface area contributed by atoms with Crippen molar-refractivity contribution < 1.29 is 28.4 Å². The maximum atomic E-state index is 13.4. The third kappa shape index (κ3) is 5.24. The Morgan fingerprint density at radius 2 is 1.69 bits per heavy atom. The van der Waals surface area contributed by atoms with E-state index >= 15 is 0 Å². The second-order valence-electron chi connectivity index (χ2n) is 8.21. The van der Waals surface area contributed by atoms with Crippen molar-refractivity contribution in [3.05, 3.63) is 106 Å². The fourth-order valence-electron chi connectivity index (χ4n) is 3.89. The zero-order chi connectivity index (χ0) is 27.5. The van der Waals surface area contributed by atoms with Crippen molar-refractivity contribution in [3.63, 3.8) is 0 Å². The van der Waals surface area contributed by atoms with E-state index in [0.29, 0.717) is 28.5 Å². The van der Waals surface area contributed by atoms with E-state index in [2.05, 4.69) is 5.32 Å². The summed E-state index contributed by atoms with van der Waals surface area (Å²) >= 11 is 5.27. The molecule has 2 heterocycles. The standard InChI is InChI=1S/C28H19N3O7S/c1-36-25-15-18(31(34)35)9-13-22(25)24-14-12-21(38-24)16-23-26(32)29-28(39)30(27(23)33)17-7-10-20(11-8-17)37-19-5-3-2-4-6-19/h2-16H,1H3,(H,29,32,39). The van der Waals surface area contributed by atoms with Gasteiger partial charge in [-0.3, -0.25) is 29.9 Å². The van der Waals surface area contributed by atoms with Crippen LogP contribution >= 0.6 is 12.2 Å². The highest BCUT2D eigenvalue weighted by molar-refractivity contribution is 7.80. The van der Waals surface area contributed by atoms with Gasteiger partial charge in [0, 0.05) is 6.07 Å². The third-order valence-corrected chi connectivity index (χ3v) is 6.03. The summed E-state index contributed by atoms with van der Waals surface area (Å²) < 4.78 is 16.9. The molecule has 1 aliphatic rings. The van der Waals surface area contributed by atoms with Crippen molar-refractivity contribution in [1.82, 2.24) is 5.32 Å². The number of thiocarbonyl (C=S) groups is 1. The summed E-state index contributed by atoms with van der Waals surface area (Å²) in [7, 11) is 1.39. The van der Waals surface area contributed by atoms with Crippen LogP contribution < -0.4 is 19.7 Å². The summed E-state index contributed by atoms with van der Waals surface area (Å²) in [6.07, 6.45) is 1.31. The Labute approximate surface area is 227 Å². The first-order valence-electron chi connectivity index (χ1n) is 11.5. The molecule has 5 rings (SSSR count). The quantitative estimate of drug-likeness (QED) is 0.107. The number of carbonyl (C=O) groups excluding carboxylic acids is 2. The SMILES string of the molecule is COc1cc([N+](=O)[O-])ccc1-c1ccc(C=C2C(=O)NC(=S)N(c3ccc(Oc4ccccc4)cc3)C2=O)o1. The van der Waals surface area contributed by atoms with Crippen LogP contribution in [0.25, 0.3) is 17.4 Å². The summed E-state index contributed by atoms with van der Waals surface area (Å²) in [5.41, 5.74) is 0.578. The molecule has 0 atom stereocenters. The van der Waals surface area contributed by atoms with Gasteiger partial charge in [0.2, 0.25) is 0 Å². The first-order valence-corrected chi connectivity index (χ1v) is 11.9. The minimum Gasteiger partial charge on any atom is -0.496 e. The molecule has 0 unspecified atom stereocenters. The lowest BCUT2D eigenvalue weighted by molar-refractivity contribution is -0.384. The van der Waals surface area contributed by atoms with Gasteiger partial charge in [-0.1, -0.05) is 18.2 Å². The molecule has 4 aromatic rings. The van der Waals surface area contributed by atoms with Gasteiger partial charge in [-0.2, -0.15) is 0 Å². The molecule has 194 valence electrons. The van der Waals surface area contributed by atoms with E-state index in [0.717, 1.165) is 0 Å². The number of methoxy groups -OCH3 is 1. The largest absolute Gasteiger partial charge is 0.496 e. The minimum absolute atomic E-state index is 0.0605. The normalized spacial score (nSPS) is 14.3. The highest BCUT2D eigenvalue weighted by Gasteiger charge is 2.34. The van der Waals surface area contributed by atoms with Gasteiger partial charge >= 0.3 is 0 Å². The number of nitro benzene ring substituents is 1. The smallest absolute Gasteiger partial charge is 0.273 e. The zero-order valence-corrected chi connectivity index (χ0v) is 21.1. The number of hydrogen-bond acceptors (Lipinski definition) is 8. The van der Waals surface area contributed by atoms with Gasteiger partial charge in [0.1, 0.15) is 34.3 Å². The summed E-state index contributed by atoms with van der Waals surface area (Å²) in [4.78, 5) is 37.8. The Hall–Kier alpha value is -5.29. The number of rotatable bonds is 7. The monoisotopic (exact) mass is 541 g/mol. The van der Waals surface area contributed by atoms with Gasteiger partial charge in [0.15, 0.2) is 5.11 Å². The average Bonchev–Trinajstić information content (AvgIpc) is 3.40. The second kappa shape index (κ2) is 10.6. The number of furan rings is 1. The molecule has 0 radical (unpaired) electrons. The first kappa shape index (κ1) is 25.4. The van der Waals surface area contributed by atoms with Gasteiger partial charge in [0.05, 0.1) is 29.4 Å². The Kier molecular flexibility index (Phi) is 6.89. The van der Waals surface area contributed by atoms with Crippen LogP contribution in [0.1, 0.15) is 5.76 Å². The summed E-state index contributed by atoms with van der Waals surface area (Å²) in [5.74, 6) is 0.700. The Morgan fingerprint density at radius 3 is 2.38 bits per heavy atom. The lowest BCUT2D eigenvalue weighted by Gasteiger charge is -2.28. The van der Waals surface area contributed by atoms with E-state index in [-0.39, 0.29) is 27.9 Å². The molecule has 0 bridgehead atoms. The van der Waals surface area contributed by atoms with Crippen LogP contribution in [0.4, 0.5) is 11.4 Å². The molecule has 1 aliphatic heterocycles. The van der Waals surface area contributed by atoms with Crippen LogP contribution in [0, 0.1) is 10.1 Å². The number of carbonyl (C=O) groups is 2. The highest BCUT2D eigenvalue weighted by atomic mass is 32.1. The number of amides is 2. The number of benzene rings is 3. The summed E-state index contributed by atoms with van der Waals surface area (Å²) in [6.45, 7) is 0. The molecule has 0 aliphatic carbocycles. The van der Waals surface area contributed by atoms with Gasteiger partial charge in [-0.25, -0.2) is 0 Å². The molecule has 1 aromatic heterocycles. The zero-order valence-electron chi connectivity index (χ0n) is 20.3. The number of non-ortho nitro benzene ring substituents is 1. The van der Waals surface area contributed by atoms with E-state index in [4.69, 9.17) is 26.1 Å². The van der Waals surface area contributed by atoms with Gasteiger partial charge in [-0.15, -0.1) is 0 Å². The van der Waals surface area contributed by atoms with Crippen LogP contribution in [-0.4, -0.2) is 29.0 Å². The van der Waals surface area contributed by atoms with Crippen LogP contribution in [0.5, 0.6) is 17.2 Å². The van der Waals surface area contributed by atoms with E-state index in [1.807, 2.05) is 30.3 Å². The van der Waals surface area contributed by atoms with Crippen molar-refractivity contribution in [2.75, 3.05) is 12.0 Å². The lowest BCUT2D eigenvalue weighted by atomic mass is 10.1. The first-order chi connectivity index (χ1) is 18.8. The van der Waals surface area contributed by atoms with E-state index in [1.165, 1.54) is 36.3 Å². The van der Waals surface area contributed by atoms with Crippen LogP contribution in [-0.2, 0) is 9.59 Å². The Morgan fingerprint density at radius 1 is 0.974 bits per heavy atom. The van der Waals surface area contributed by atoms with E-state index < -0.39 is 16.7 Å². The number of anilines is 1. The maximum absolute atomic E-state index is 13.4. The molecule has 11 heteroatoms.